The number of amides is 2. The van der Waals surface area contributed by atoms with Gasteiger partial charge in [-0.1, -0.05) is 6.07 Å². The van der Waals surface area contributed by atoms with Gasteiger partial charge in [0.25, 0.3) is 10.0 Å². The van der Waals surface area contributed by atoms with Crippen molar-refractivity contribution in [3.63, 3.8) is 0 Å². The maximum atomic E-state index is 13.7. The summed E-state index contributed by atoms with van der Waals surface area (Å²) in [6, 6.07) is 9.45. The number of carbonyl (C=O) groups is 2. The average molecular weight is 614 g/mol. The van der Waals surface area contributed by atoms with E-state index >= 15 is 0 Å². The van der Waals surface area contributed by atoms with Gasteiger partial charge in [-0.15, -0.1) is 0 Å². The molecule has 2 amide bonds. The Bertz CT molecular complexity index is 1640. The summed E-state index contributed by atoms with van der Waals surface area (Å²) in [6.45, 7) is 1.02. The van der Waals surface area contributed by atoms with E-state index in [1.807, 2.05) is 5.32 Å². The Morgan fingerprint density at radius 3 is 2.59 bits per heavy atom. The van der Waals surface area contributed by atoms with E-state index in [2.05, 4.69) is 4.98 Å². The predicted octanol–water partition coefficient (Wildman–Crippen LogP) is 3.67. The first-order valence-corrected chi connectivity index (χ1v) is 14.0. The summed E-state index contributed by atoms with van der Waals surface area (Å²) in [5, 5.41) is 11.1. The molecule has 0 saturated heterocycles. The summed E-state index contributed by atoms with van der Waals surface area (Å²) in [4.78, 5) is 27.4. The van der Waals surface area contributed by atoms with Crippen molar-refractivity contribution in [2.45, 2.75) is 30.5 Å². The third-order valence-electron chi connectivity index (χ3n) is 5.78. The maximum absolute atomic E-state index is 13.7. The number of aromatic nitrogens is 1. The molecule has 2 aromatic carbocycles. The molecule has 0 spiro atoms. The number of hydrogen-bond acceptors (Lipinski definition) is 8. The normalized spacial score (nSPS) is 15.8. The summed E-state index contributed by atoms with van der Waals surface area (Å²) in [5.41, 5.74) is -0.913. The van der Waals surface area contributed by atoms with Crippen molar-refractivity contribution in [2.24, 2.45) is 0 Å². The second kappa shape index (κ2) is 11.3. The minimum absolute atomic E-state index is 0.0722. The lowest BCUT2D eigenvalue weighted by molar-refractivity contribution is -0.137. The highest BCUT2D eigenvalue weighted by molar-refractivity contribution is 7.92. The van der Waals surface area contributed by atoms with E-state index < -0.39 is 69.0 Å². The Balaban J connectivity index is 1.74. The van der Waals surface area contributed by atoms with Crippen LogP contribution in [0.25, 0.3) is 0 Å². The highest BCUT2D eigenvalue weighted by Gasteiger charge is 2.38. The van der Waals surface area contributed by atoms with E-state index in [1.54, 1.807) is 13.0 Å². The number of halogens is 3. The molecule has 0 radical (unpaired) electrons. The first-order valence-electron chi connectivity index (χ1n) is 11.5. The third kappa shape index (κ3) is 6.58. The maximum Gasteiger partial charge on any atom is 0.416 e. The monoisotopic (exact) mass is 613 g/mol. The van der Waals surface area contributed by atoms with Crippen LogP contribution in [0.4, 0.5) is 35.2 Å². The van der Waals surface area contributed by atoms with Crippen LogP contribution in [-0.2, 0) is 32.3 Å². The third-order valence-corrected chi connectivity index (χ3v) is 8.24. The molecule has 12 nitrogen and oxygen atoms in total. The summed E-state index contributed by atoms with van der Waals surface area (Å²) >= 11 is -3.10. The fourth-order valence-corrected chi connectivity index (χ4v) is 6.04. The number of hydrogen-bond donors (Lipinski definition) is 2. The van der Waals surface area contributed by atoms with Crippen molar-refractivity contribution in [1.82, 2.24) is 4.98 Å². The number of alkyl halides is 3. The highest BCUT2D eigenvalue weighted by atomic mass is 32.2. The summed E-state index contributed by atoms with van der Waals surface area (Å²) in [5.74, 6) is -1.38. The number of nitrogens with zero attached hydrogens (tertiary/aromatic N) is 3. The number of nitrogens with one attached hydrogen (secondary N) is 1. The van der Waals surface area contributed by atoms with Crippen LogP contribution in [0.3, 0.4) is 0 Å². The molecule has 41 heavy (non-hydrogen) atoms. The summed E-state index contributed by atoms with van der Waals surface area (Å²) in [6.07, 6.45) is -6.99. The molecular formula is C24H20F3N4O8S2-. The Hall–Kier alpha value is -4.22. The second-order valence-electron chi connectivity index (χ2n) is 8.71. The van der Waals surface area contributed by atoms with E-state index in [1.165, 1.54) is 24.4 Å². The van der Waals surface area contributed by atoms with Gasteiger partial charge in [-0.3, -0.25) is 18.6 Å². The number of carbonyl (C=O) groups excluding carboxylic acids is 1. The molecule has 0 aliphatic carbocycles. The van der Waals surface area contributed by atoms with Gasteiger partial charge < -0.3 is 14.4 Å². The number of rotatable bonds is 7. The molecule has 2 atom stereocenters. The fraction of sp³-hybridized carbons (Fsp3) is 0.208. The number of carboxylic acid groups (broad SMARTS) is 1. The van der Waals surface area contributed by atoms with Crippen molar-refractivity contribution in [1.29, 1.82) is 0 Å². The quantitative estimate of drug-likeness (QED) is 0.378. The van der Waals surface area contributed by atoms with Crippen LogP contribution in [0.15, 0.2) is 65.7 Å². The molecule has 2 N–H and O–H groups in total. The number of anilines is 3. The lowest BCUT2D eigenvalue weighted by atomic mass is 10.1. The van der Waals surface area contributed by atoms with Gasteiger partial charge in [0.2, 0.25) is 5.91 Å². The van der Waals surface area contributed by atoms with Crippen molar-refractivity contribution in [3.05, 3.63) is 71.9 Å². The van der Waals surface area contributed by atoms with Crippen LogP contribution < -0.4 is 18.7 Å². The van der Waals surface area contributed by atoms with Crippen LogP contribution >= 0.6 is 0 Å². The number of pyridine rings is 1. The van der Waals surface area contributed by atoms with Crippen molar-refractivity contribution >= 4 is 50.5 Å². The van der Waals surface area contributed by atoms with E-state index in [9.17, 15) is 39.9 Å². The Labute approximate surface area is 233 Å². The predicted molar refractivity (Wildman–Crippen MR) is 138 cm³/mol. The van der Waals surface area contributed by atoms with Crippen LogP contribution in [0.5, 0.6) is 5.75 Å². The van der Waals surface area contributed by atoms with Gasteiger partial charge in [-0.2, -0.15) is 13.2 Å². The molecule has 2 heterocycles. The molecule has 4 rings (SSSR count). The molecule has 1 aliphatic rings. The Kier molecular flexibility index (Phi) is 8.23. The summed E-state index contributed by atoms with van der Waals surface area (Å²) < 4.78 is 97.9. The Morgan fingerprint density at radius 2 is 1.95 bits per heavy atom. The molecule has 2 unspecified atom stereocenters. The lowest BCUT2D eigenvalue weighted by Crippen LogP contribution is -2.46. The van der Waals surface area contributed by atoms with Gasteiger partial charge >= 0.3 is 12.3 Å². The molecule has 1 aromatic heterocycles. The summed E-state index contributed by atoms with van der Waals surface area (Å²) in [7, 11) is -4.75. The molecule has 3 aromatic rings. The van der Waals surface area contributed by atoms with Crippen LogP contribution in [-0.4, -0.2) is 51.9 Å². The van der Waals surface area contributed by atoms with Gasteiger partial charge in [0.15, 0.2) is 0 Å². The molecule has 218 valence electrons. The second-order valence-corrected chi connectivity index (χ2v) is 11.4. The molecular weight excluding hydrogens is 593 g/mol. The minimum atomic E-state index is -4.84. The topological polar surface area (TPSA) is 169 Å². The molecule has 1 aliphatic heterocycles. The van der Waals surface area contributed by atoms with E-state index in [-0.39, 0.29) is 22.9 Å². The number of ether oxygens (including phenoxy) is 1. The first-order chi connectivity index (χ1) is 19.2. The van der Waals surface area contributed by atoms with Gasteiger partial charge in [0.1, 0.15) is 17.7 Å². The number of aryl methyl sites for hydroxylation is 1. The van der Waals surface area contributed by atoms with Gasteiger partial charge in [-0.25, -0.2) is 22.5 Å². The van der Waals surface area contributed by atoms with Gasteiger partial charge in [-0.05, 0) is 61.0 Å². The zero-order valence-electron chi connectivity index (χ0n) is 20.9. The Morgan fingerprint density at radius 1 is 1.22 bits per heavy atom. The largest absolute Gasteiger partial charge is 0.755 e. The number of benzene rings is 2. The molecule has 17 heteroatoms. The van der Waals surface area contributed by atoms with E-state index in [4.69, 9.17) is 9.84 Å². The SMILES string of the molecule is Cc1ccnc(N(C(=O)CC2CN(S(=O)(=O)c3cccc(C(F)(F)F)c3)c3cc(NC(=O)O)ccc3O2)S(=O)[O-])c1. The van der Waals surface area contributed by atoms with Crippen LogP contribution in [0.1, 0.15) is 17.5 Å². The standard InChI is InChI=1S/C24H21F3N4O8S2/c1-14-7-8-28-21(9-14)31(40(35)36)22(32)12-17-13-30(19-11-16(29-23(33)34)5-6-20(19)39-17)41(37,38)18-4-2-3-15(10-18)24(25,26)27/h2-11,17,29H,12-13H2,1H3,(H,33,34)(H,35,36)/p-1. The van der Waals surface area contributed by atoms with E-state index in [0.29, 0.717) is 26.3 Å². The number of fused-ring (bicyclic) bond motifs is 1. The average Bonchev–Trinajstić information content (AvgIpc) is 2.87. The molecule has 0 fully saturated rings. The van der Waals surface area contributed by atoms with Crippen LogP contribution in [0.2, 0.25) is 0 Å². The van der Waals surface area contributed by atoms with Crippen molar-refractivity contribution in [3.8, 4) is 5.75 Å². The molecule has 0 bridgehead atoms. The van der Waals surface area contributed by atoms with Crippen molar-refractivity contribution < 1.29 is 49.8 Å². The minimum Gasteiger partial charge on any atom is -0.755 e. The zero-order valence-corrected chi connectivity index (χ0v) is 22.5. The molecule has 0 saturated carbocycles. The van der Waals surface area contributed by atoms with Crippen LogP contribution in [0, 0.1) is 6.92 Å². The number of sulfonamides is 1. The fourth-order valence-electron chi connectivity index (χ4n) is 4.00. The smallest absolute Gasteiger partial charge is 0.416 e. The lowest BCUT2D eigenvalue weighted by Gasteiger charge is -2.36. The van der Waals surface area contributed by atoms with Gasteiger partial charge in [0, 0.05) is 11.9 Å². The van der Waals surface area contributed by atoms with Gasteiger partial charge in [0.05, 0.1) is 40.4 Å². The highest BCUT2D eigenvalue weighted by Crippen LogP contribution is 2.40. The zero-order chi connectivity index (χ0) is 30.1. The first kappa shape index (κ1) is 29.8. The van der Waals surface area contributed by atoms with E-state index in [0.717, 1.165) is 18.2 Å². The van der Waals surface area contributed by atoms with Crippen molar-refractivity contribution in [2.75, 3.05) is 20.5 Å².